The lowest BCUT2D eigenvalue weighted by molar-refractivity contribution is -0.120. The lowest BCUT2D eigenvalue weighted by atomic mass is 10.0. The van der Waals surface area contributed by atoms with Gasteiger partial charge in [0.05, 0.1) is 6.10 Å². The summed E-state index contributed by atoms with van der Waals surface area (Å²) >= 11 is 0. The molecule has 3 N–H and O–H groups in total. The summed E-state index contributed by atoms with van der Waals surface area (Å²) in [6.07, 6.45) is 2.98. The second kappa shape index (κ2) is 8.72. The first-order valence-corrected chi connectivity index (χ1v) is 7.20. The van der Waals surface area contributed by atoms with E-state index in [1.807, 2.05) is 24.3 Å². The minimum absolute atomic E-state index is 0.0986. The molecule has 1 rings (SSSR count). The number of rotatable bonds is 8. The van der Waals surface area contributed by atoms with Crippen molar-refractivity contribution in [2.45, 2.75) is 51.2 Å². The van der Waals surface area contributed by atoms with Crippen LogP contribution in [0.5, 0.6) is 0 Å². The summed E-state index contributed by atoms with van der Waals surface area (Å²) in [6.45, 7) is 1.57. The number of hydrogen-bond acceptors (Lipinski definition) is 3. The van der Waals surface area contributed by atoms with E-state index in [0.717, 1.165) is 31.2 Å². The van der Waals surface area contributed by atoms with Gasteiger partial charge in [-0.2, -0.15) is 0 Å². The van der Waals surface area contributed by atoms with Crippen molar-refractivity contribution in [2.24, 2.45) is 0 Å². The molecule has 0 saturated carbocycles. The predicted molar refractivity (Wildman–Crippen MR) is 79.3 cm³/mol. The van der Waals surface area contributed by atoms with E-state index in [1.165, 1.54) is 5.56 Å². The summed E-state index contributed by atoms with van der Waals surface area (Å²) in [6, 6.07) is 7.69. The number of aryl methyl sites for hydroxylation is 1. The molecule has 1 aromatic rings. The van der Waals surface area contributed by atoms with Crippen molar-refractivity contribution in [3.05, 3.63) is 35.4 Å². The third-order valence-electron chi connectivity index (χ3n) is 3.43. The average Bonchev–Trinajstić information content (AvgIpc) is 2.46. The van der Waals surface area contributed by atoms with Gasteiger partial charge >= 0.3 is 0 Å². The van der Waals surface area contributed by atoms with Crippen molar-refractivity contribution in [1.82, 2.24) is 5.32 Å². The molecule has 0 aliphatic heterocycles. The molecule has 0 spiro atoms. The molecule has 4 nitrogen and oxygen atoms in total. The van der Waals surface area contributed by atoms with E-state index in [9.17, 15) is 15.0 Å². The number of nitrogens with one attached hydrogen (secondary N) is 1. The standard InChI is InChI=1S/C16H25NO3/c1-12(18)16(20)14-10-8-13(9-11-14)6-4-3-5-7-15(19)17-2/h8-12,16,18,20H,3-7H2,1-2H3,(H,17,19). The zero-order chi connectivity index (χ0) is 15.0. The number of amides is 1. The van der Waals surface area contributed by atoms with Crippen LogP contribution in [0.3, 0.4) is 0 Å². The quantitative estimate of drug-likeness (QED) is 0.637. The van der Waals surface area contributed by atoms with Gasteiger partial charge in [0.25, 0.3) is 0 Å². The largest absolute Gasteiger partial charge is 0.390 e. The molecule has 1 aromatic carbocycles. The van der Waals surface area contributed by atoms with Gasteiger partial charge < -0.3 is 15.5 Å². The van der Waals surface area contributed by atoms with Gasteiger partial charge in [0, 0.05) is 13.5 Å². The van der Waals surface area contributed by atoms with Gasteiger partial charge in [-0.3, -0.25) is 4.79 Å². The van der Waals surface area contributed by atoms with E-state index in [2.05, 4.69) is 5.32 Å². The molecule has 0 aromatic heterocycles. The fraction of sp³-hybridized carbons (Fsp3) is 0.562. The number of unbranched alkanes of at least 4 members (excludes halogenated alkanes) is 2. The maximum absolute atomic E-state index is 11.0. The van der Waals surface area contributed by atoms with Crippen LogP contribution in [0.2, 0.25) is 0 Å². The summed E-state index contributed by atoms with van der Waals surface area (Å²) < 4.78 is 0. The zero-order valence-corrected chi connectivity index (χ0v) is 12.3. The van der Waals surface area contributed by atoms with Gasteiger partial charge in [-0.25, -0.2) is 0 Å². The summed E-state index contributed by atoms with van der Waals surface area (Å²) in [5.74, 6) is 0.0986. The highest BCUT2D eigenvalue weighted by molar-refractivity contribution is 5.75. The zero-order valence-electron chi connectivity index (χ0n) is 12.3. The highest BCUT2D eigenvalue weighted by Gasteiger charge is 2.12. The Labute approximate surface area is 120 Å². The molecule has 0 aliphatic rings. The van der Waals surface area contributed by atoms with Gasteiger partial charge in [0.15, 0.2) is 0 Å². The Bertz CT molecular complexity index is 401. The van der Waals surface area contributed by atoms with Crippen molar-refractivity contribution >= 4 is 5.91 Å². The first kappa shape index (κ1) is 16.7. The summed E-state index contributed by atoms with van der Waals surface area (Å²) in [4.78, 5) is 11.0. The van der Waals surface area contributed by atoms with Crippen LogP contribution in [0.4, 0.5) is 0 Å². The second-order valence-corrected chi connectivity index (χ2v) is 5.16. The molecule has 0 heterocycles. The van der Waals surface area contributed by atoms with Crippen molar-refractivity contribution in [2.75, 3.05) is 7.05 Å². The van der Waals surface area contributed by atoms with Crippen molar-refractivity contribution in [1.29, 1.82) is 0 Å². The Kier molecular flexibility index (Phi) is 7.26. The normalized spacial score (nSPS) is 13.8. The number of hydrogen-bond donors (Lipinski definition) is 3. The molecule has 20 heavy (non-hydrogen) atoms. The van der Waals surface area contributed by atoms with Crippen LogP contribution in [-0.2, 0) is 11.2 Å². The molecule has 0 saturated heterocycles. The van der Waals surface area contributed by atoms with Crippen LogP contribution in [0.15, 0.2) is 24.3 Å². The van der Waals surface area contributed by atoms with E-state index < -0.39 is 12.2 Å². The monoisotopic (exact) mass is 279 g/mol. The third kappa shape index (κ3) is 5.72. The first-order chi connectivity index (χ1) is 9.54. The first-order valence-electron chi connectivity index (χ1n) is 7.20. The average molecular weight is 279 g/mol. The van der Waals surface area contributed by atoms with Gasteiger partial charge in [-0.05, 0) is 37.3 Å². The fourth-order valence-electron chi connectivity index (χ4n) is 2.08. The van der Waals surface area contributed by atoms with Crippen LogP contribution in [0, 0.1) is 0 Å². The Hall–Kier alpha value is -1.39. The molecule has 0 radical (unpaired) electrons. The Morgan fingerprint density at radius 1 is 1.15 bits per heavy atom. The van der Waals surface area contributed by atoms with Gasteiger partial charge in [-0.1, -0.05) is 30.7 Å². The maximum atomic E-state index is 11.0. The number of carbonyl (C=O) groups is 1. The van der Waals surface area contributed by atoms with Crippen LogP contribution in [0.1, 0.15) is 49.8 Å². The molecule has 112 valence electrons. The number of aliphatic hydroxyl groups is 2. The molecule has 0 fully saturated rings. The SMILES string of the molecule is CNC(=O)CCCCCc1ccc(C(O)C(C)O)cc1. The fourth-order valence-corrected chi connectivity index (χ4v) is 2.08. The molecular weight excluding hydrogens is 254 g/mol. The minimum Gasteiger partial charge on any atom is -0.390 e. The molecule has 4 heteroatoms. The molecule has 2 unspecified atom stereocenters. The van der Waals surface area contributed by atoms with Gasteiger partial charge in [0.1, 0.15) is 6.10 Å². The van der Waals surface area contributed by atoms with Crippen molar-refractivity contribution in [3.63, 3.8) is 0 Å². The predicted octanol–water partition coefficient (Wildman–Crippen LogP) is 1.95. The van der Waals surface area contributed by atoms with E-state index in [4.69, 9.17) is 0 Å². The molecule has 1 amide bonds. The molecule has 0 bridgehead atoms. The van der Waals surface area contributed by atoms with E-state index in [1.54, 1.807) is 14.0 Å². The van der Waals surface area contributed by atoms with Crippen molar-refractivity contribution < 1.29 is 15.0 Å². The topological polar surface area (TPSA) is 69.6 Å². The Balaban J connectivity index is 2.30. The van der Waals surface area contributed by atoms with Gasteiger partial charge in [-0.15, -0.1) is 0 Å². The Morgan fingerprint density at radius 3 is 2.35 bits per heavy atom. The van der Waals surface area contributed by atoms with E-state index in [0.29, 0.717) is 6.42 Å². The number of carbonyl (C=O) groups excluding carboxylic acids is 1. The molecule has 0 aliphatic carbocycles. The third-order valence-corrected chi connectivity index (χ3v) is 3.43. The van der Waals surface area contributed by atoms with Gasteiger partial charge in [0.2, 0.25) is 5.91 Å². The molecule has 2 atom stereocenters. The molecular formula is C16H25NO3. The Morgan fingerprint density at radius 2 is 1.80 bits per heavy atom. The van der Waals surface area contributed by atoms with Crippen LogP contribution in [-0.4, -0.2) is 29.3 Å². The number of benzene rings is 1. The summed E-state index contributed by atoms with van der Waals surface area (Å²) in [7, 11) is 1.66. The van der Waals surface area contributed by atoms with E-state index in [-0.39, 0.29) is 5.91 Å². The highest BCUT2D eigenvalue weighted by Crippen LogP contribution is 2.18. The lowest BCUT2D eigenvalue weighted by Gasteiger charge is -2.14. The van der Waals surface area contributed by atoms with Crippen LogP contribution < -0.4 is 5.32 Å². The summed E-state index contributed by atoms with van der Waals surface area (Å²) in [5.41, 5.74) is 1.95. The minimum atomic E-state index is -0.823. The summed E-state index contributed by atoms with van der Waals surface area (Å²) in [5, 5.41) is 21.7. The van der Waals surface area contributed by atoms with Crippen LogP contribution in [0.25, 0.3) is 0 Å². The second-order valence-electron chi connectivity index (χ2n) is 5.16. The van der Waals surface area contributed by atoms with Crippen LogP contribution >= 0.6 is 0 Å². The lowest BCUT2D eigenvalue weighted by Crippen LogP contribution is -2.16. The number of aliphatic hydroxyl groups excluding tert-OH is 2. The van der Waals surface area contributed by atoms with Crippen molar-refractivity contribution in [3.8, 4) is 0 Å². The smallest absolute Gasteiger partial charge is 0.219 e. The highest BCUT2D eigenvalue weighted by atomic mass is 16.3. The maximum Gasteiger partial charge on any atom is 0.219 e. The van der Waals surface area contributed by atoms with E-state index >= 15 is 0 Å².